The number of carbonyl (C=O) groups is 1. The first-order valence-corrected chi connectivity index (χ1v) is 6.59. The van der Waals surface area contributed by atoms with Gasteiger partial charge in [-0.15, -0.1) is 0 Å². The molecule has 0 amide bonds. The topological polar surface area (TPSA) is 17.1 Å². The highest BCUT2D eigenvalue weighted by atomic mass is 19.4. The summed E-state index contributed by atoms with van der Waals surface area (Å²) in [5.41, 5.74) is 0.769. The molecule has 1 aliphatic rings. The molecule has 0 saturated heterocycles. The van der Waals surface area contributed by atoms with Gasteiger partial charge in [0.25, 0.3) is 5.78 Å². The molecular formula is C15H17F3O. The summed E-state index contributed by atoms with van der Waals surface area (Å²) in [5, 5.41) is 0. The van der Waals surface area contributed by atoms with Gasteiger partial charge in [-0.05, 0) is 30.2 Å². The zero-order chi connectivity index (χ0) is 14.0. The van der Waals surface area contributed by atoms with Crippen molar-refractivity contribution < 1.29 is 18.0 Å². The fourth-order valence-electron chi connectivity index (χ4n) is 2.66. The average molecular weight is 270 g/mol. The molecule has 1 aromatic rings. The van der Waals surface area contributed by atoms with Crippen molar-refractivity contribution in [3.8, 4) is 0 Å². The highest BCUT2D eigenvalue weighted by Gasteiger charge is 2.39. The van der Waals surface area contributed by atoms with Gasteiger partial charge < -0.3 is 0 Å². The van der Waals surface area contributed by atoms with Gasteiger partial charge in [-0.25, -0.2) is 0 Å². The van der Waals surface area contributed by atoms with Crippen LogP contribution in [0.1, 0.15) is 54.4 Å². The predicted octanol–water partition coefficient (Wildman–Crippen LogP) is 4.73. The molecule has 1 aliphatic carbocycles. The smallest absolute Gasteiger partial charge is 0.284 e. The van der Waals surface area contributed by atoms with Crippen molar-refractivity contribution in [2.75, 3.05) is 0 Å². The maximum atomic E-state index is 12.3. The van der Waals surface area contributed by atoms with Crippen molar-refractivity contribution in [2.45, 2.75) is 44.7 Å². The quantitative estimate of drug-likeness (QED) is 0.710. The Bertz CT molecular complexity index is 439. The third kappa shape index (κ3) is 3.37. The normalized spacial score (nSPS) is 24.2. The van der Waals surface area contributed by atoms with Crippen molar-refractivity contribution in [3.63, 3.8) is 0 Å². The van der Waals surface area contributed by atoms with Gasteiger partial charge in [-0.1, -0.05) is 44.0 Å². The van der Waals surface area contributed by atoms with Crippen LogP contribution >= 0.6 is 0 Å². The number of benzene rings is 1. The molecule has 0 aromatic heterocycles. The molecule has 2 rings (SSSR count). The number of rotatable bonds is 2. The van der Waals surface area contributed by atoms with Crippen molar-refractivity contribution in [1.29, 1.82) is 0 Å². The van der Waals surface area contributed by atoms with Crippen molar-refractivity contribution in [2.24, 2.45) is 5.92 Å². The van der Waals surface area contributed by atoms with E-state index in [2.05, 4.69) is 6.92 Å². The molecule has 0 heterocycles. The van der Waals surface area contributed by atoms with E-state index in [4.69, 9.17) is 0 Å². The van der Waals surface area contributed by atoms with Gasteiger partial charge in [-0.2, -0.15) is 13.2 Å². The number of hydrogen-bond donors (Lipinski definition) is 0. The van der Waals surface area contributed by atoms with E-state index in [1.54, 1.807) is 12.1 Å². The molecule has 104 valence electrons. The summed E-state index contributed by atoms with van der Waals surface area (Å²) in [6.07, 6.45) is -0.314. The zero-order valence-corrected chi connectivity index (χ0v) is 10.8. The molecule has 4 heteroatoms. The summed E-state index contributed by atoms with van der Waals surface area (Å²) in [4.78, 5) is 11.1. The van der Waals surface area contributed by atoms with Crippen LogP contribution in [0.3, 0.4) is 0 Å². The molecule has 0 aliphatic heterocycles. The second-order valence-electron chi connectivity index (χ2n) is 5.41. The number of carbonyl (C=O) groups excluding carboxylic acids is 1. The van der Waals surface area contributed by atoms with Crippen LogP contribution in [0.4, 0.5) is 13.2 Å². The Kier molecular flexibility index (Phi) is 3.97. The Morgan fingerprint density at radius 3 is 2.05 bits per heavy atom. The van der Waals surface area contributed by atoms with Gasteiger partial charge in [0.15, 0.2) is 0 Å². The first kappa shape index (κ1) is 14.1. The number of alkyl halides is 3. The SMILES string of the molecule is CC1CCC(c2ccc(C(=O)C(F)(F)F)cc2)CC1. The largest absolute Gasteiger partial charge is 0.454 e. The summed E-state index contributed by atoms with van der Waals surface area (Å²) in [6.45, 7) is 2.22. The van der Waals surface area contributed by atoms with Crippen LogP contribution in [0, 0.1) is 5.92 Å². The van der Waals surface area contributed by atoms with Crippen LogP contribution in [0.15, 0.2) is 24.3 Å². The van der Waals surface area contributed by atoms with Crippen LogP contribution in [0.5, 0.6) is 0 Å². The van der Waals surface area contributed by atoms with E-state index in [1.165, 1.54) is 12.1 Å². The number of hydrogen-bond acceptors (Lipinski definition) is 1. The fourth-order valence-corrected chi connectivity index (χ4v) is 2.66. The molecule has 1 aromatic carbocycles. The molecule has 1 saturated carbocycles. The molecule has 0 N–H and O–H groups in total. The van der Waals surface area contributed by atoms with Crippen molar-refractivity contribution >= 4 is 5.78 Å². The summed E-state index contributed by atoms with van der Waals surface area (Å²) < 4.78 is 36.9. The minimum Gasteiger partial charge on any atom is -0.284 e. The van der Waals surface area contributed by atoms with E-state index in [0.717, 1.165) is 37.2 Å². The molecule has 19 heavy (non-hydrogen) atoms. The van der Waals surface area contributed by atoms with Crippen LogP contribution in [0.25, 0.3) is 0 Å². The summed E-state index contributed by atoms with van der Waals surface area (Å²) >= 11 is 0. The van der Waals surface area contributed by atoms with E-state index in [-0.39, 0.29) is 5.56 Å². The lowest BCUT2D eigenvalue weighted by Gasteiger charge is -2.26. The van der Waals surface area contributed by atoms with Gasteiger partial charge in [0.2, 0.25) is 0 Å². The van der Waals surface area contributed by atoms with Crippen molar-refractivity contribution in [1.82, 2.24) is 0 Å². The third-order valence-electron chi connectivity index (χ3n) is 3.92. The Morgan fingerprint density at radius 2 is 1.58 bits per heavy atom. The highest BCUT2D eigenvalue weighted by Crippen LogP contribution is 2.35. The second-order valence-corrected chi connectivity index (χ2v) is 5.41. The monoisotopic (exact) mass is 270 g/mol. The van der Waals surface area contributed by atoms with Crippen LogP contribution < -0.4 is 0 Å². The molecule has 0 unspecified atom stereocenters. The summed E-state index contributed by atoms with van der Waals surface area (Å²) in [6, 6.07) is 5.92. The van der Waals surface area contributed by atoms with Crippen LogP contribution in [-0.4, -0.2) is 12.0 Å². The number of ketones is 1. The third-order valence-corrected chi connectivity index (χ3v) is 3.92. The second kappa shape index (κ2) is 5.35. The summed E-state index contributed by atoms with van der Waals surface area (Å²) in [7, 11) is 0. The average Bonchev–Trinajstić information content (AvgIpc) is 2.38. The van der Waals surface area contributed by atoms with Gasteiger partial charge in [0, 0.05) is 5.56 Å². The van der Waals surface area contributed by atoms with E-state index >= 15 is 0 Å². The lowest BCUT2D eigenvalue weighted by Crippen LogP contribution is -2.22. The van der Waals surface area contributed by atoms with Crippen LogP contribution in [-0.2, 0) is 0 Å². The number of halogens is 3. The van der Waals surface area contributed by atoms with Crippen LogP contribution in [0.2, 0.25) is 0 Å². The van der Waals surface area contributed by atoms with Gasteiger partial charge in [0.1, 0.15) is 0 Å². The molecular weight excluding hydrogens is 253 g/mol. The zero-order valence-electron chi connectivity index (χ0n) is 10.8. The molecule has 0 radical (unpaired) electrons. The van der Waals surface area contributed by atoms with Gasteiger partial charge in [0.05, 0.1) is 0 Å². The van der Waals surface area contributed by atoms with Gasteiger partial charge >= 0.3 is 6.18 Å². The van der Waals surface area contributed by atoms with Gasteiger partial charge in [-0.3, -0.25) is 4.79 Å². The van der Waals surface area contributed by atoms with E-state index in [0.29, 0.717) is 5.92 Å². The molecule has 0 atom stereocenters. The predicted molar refractivity (Wildman–Crippen MR) is 67.2 cm³/mol. The minimum atomic E-state index is -4.79. The molecule has 1 nitrogen and oxygen atoms in total. The minimum absolute atomic E-state index is 0.277. The lowest BCUT2D eigenvalue weighted by atomic mass is 9.79. The first-order valence-electron chi connectivity index (χ1n) is 6.59. The van der Waals surface area contributed by atoms with Crippen molar-refractivity contribution in [3.05, 3.63) is 35.4 Å². The van der Waals surface area contributed by atoms with E-state index in [1.807, 2.05) is 0 Å². The standard InChI is InChI=1S/C15H17F3O/c1-10-2-4-11(5-3-10)12-6-8-13(9-7-12)14(19)15(16,17)18/h6-11H,2-5H2,1H3. The number of Topliss-reactive ketones (excluding diaryl/α,β-unsaturated/α-hetero) is 1. The Balaban J connectivity index is 2.09. The fraction of sp³-hybridized carbons (Fsp3) is 0.533. The van der Waals surface area contributed by atoms with E-state index < -0.39 is 12.0 Å². The lowest BCUT2D eigenvalue weighted by molar-refractivity contribution is -0.0885. The highest BCUT2D eigenvalue weighted by molar-refractivity contribution is 6.00. The summed E-state index contributed by atoms with van der Waals surface area (Å²) in [5.74, 6) is -0.607. The Hall–Kier alpha value is -1.32. The van der Waals surface area contributed by atoms with E-state index in [9.17, 15) is 18.0 Å². The Morgan fingerprint density at radius 1 is 1.05 bits per heavy atom. The molecule has 1 fully saturated rings. The molecule has 0 bridgehead atoms. The maximum absolute atomic E-state index is 12.3. The maximum Gasteiger partial charge on any atom is 0.454 e. The Labute approximate surface area is 110 Å². The molecule has 0 spiro atoms. The first-order chi connectivity index (χ1) is 8.88.